The number of nitrogens with one attached hydrogen (secondary N) is 1. The Labute approximate surface area is 108 Å². The second-order valence-electron chi connectivity index (χ2n) is 3.99. The van der Waals surface area contributed by atoms with Crippen molar-refractivity contribution in [2.24, 2.45) is 5.73 Å². The number of H-pyrrole nitrogens is 1. The largest absolute Gasteiger partial charge is 0.334 e. The van der Waals surface area contributed by atoms with Crippen molar-refractivity contribution >= 4 is 0 Å². The molecule has 0 amide bonds. The van der Waals surface area contributed by atoms with Crippen LogP contribution >= 0.6 is 0 Å². The van der Waals surface area contributed by atoms with Gasteiger partial charge in [-0.25, -0.2) is 4.98 Å². The zero-order valence-corrected chi connectivity index (χ0v) is 10.1. The minimum Gasteiger partial charge on any atom is -0.334 e. The van der Waals surface area contributed by atoms with Crippen molar-refractivity contribution in [3.8, 4) is 23.1 Å². The number of aromatic amines is 1. The van der Waals surface area contributed by atoms with Crippen molar-refractivity contribution < 1.29 is 4.52 Å². The van der Waals surface area contributed by atoms with Crippen LogP contribution in [-0.4, -0.2) is 31.9 Å². The molecular formula is C12H12N6O. The fourth-order valence-corrected chi connectivity index (χ4v) is 1.73. The van der Waals surface area contributed by atoms with Gasteiger partial charge in [0.05, 0.1) is 0 Å². The van der Waals surface area contributed by atoms with Gasteiger partial charge in [-0.05, 0) is 30.7 Å². The van der Waals surface area contributed by atoms with E-state index >= 15 is 0 Å². The Bertz CT molecular complexity index is 643. The first-order valence-electron chi connectivity index (χ1n) is 5.85. The monoisotopic (exact) mass is 256 g/mol. The first kappa shape index (κ1) is 11.5. The van der Waals surface area contributed by atoms with Gasteiger partial charge in [-0.15, -0.1) is 0 Å². The van der Waals surface area contributed by atoms with E-state index in [1.807, 2.05) is 24.3 Å². The number of aromatic nitrogens is 5. The van der Waals surface area contributed by atoms with Gasteiger partial charge in [0.25, 0.3) is 5.89 Å². The van der Waals surface area contributed by atoms with Crippen LogP contribution in [0.4, 0.5) is 0 Å². The lowest BCUT2D eigenvalue weighted by Gasteiger charge is -1.98. The summed E-state index contributed by atoms with van der Waals surface area (Å²) >= 11 is 0. The SMILES string of the molecule is NCCc1ccc(-c2nc(-c3ncn[nH]3)no2)cc1. The van der Waals surface area contributed by atoms with Gasteiger partial charge in [-0.1, -0.05) is 17.3 Å². The molecule has 1 aromatic carbocycles. The number of hydrogen-bond donors (Lipinski definition) is 2. The molecule has 0 bridgehead atoms. The summed E-state index contributed by atoms with van der Waals surface area (Å²) in [5.74, 6) is 1.32. The van der Waals surface area contributed by atoms with Crippen molar-refractivity contribution in [2.45, 2.75) is 6.42 Å². The Kier molecular flexibility index (Phi) is 3.03. The molecule has 0 saturated carbocycles. The van der Waals surface area contributed by atoms with E-state index in [-0.39, 0.29) is 0 Å². The van der Waals surface area contributed by atoms with E-state index in [9.17, 15) is 0 Å². The second kappa shape index (κ2) is 4.99. The summed E-state index contributed by atoms with van der Waals surface area (Å²) in [5.41, 5.74) is 7.55. The molecule has 0 spiro atoms. The maximum absolute atomic E-state index is 5.51. The minimum absolute atomic E-state index is 0.388. The highest BCUT2D eigenvalue weighted by Crippen LogP contribution is 2.20. The lowest BCUT2D eigenvalue weighted by molar-refractivity contribution is 0.432. The van der Waals surface area contributed by atoms with Crippen molar-refractivity contribution in [3.63, 3.8) is 0 Å². The molecule has 0 aliphatic rings. The average Bonchev–Trinajstić information content (AvgIpc) is 3.11. The molecule has 19 heavy (non-hydrogen) atoms. The number of benzene rings is 1. The highest BCUT2D eigenvalue weighted by Gasteiger charge is 2.12. The van der Waals surface area contributed by atoms with Crippen LogP contribution in [0.5, 0.6) is 0 Å². The molecule has 0 saturated heterocycles. The summed E-state index contributed by atoms with van der Waals surface area (Å²) < 4.78 is 5.20. The summed E-state index contributed by atoms with van der Waals surface area (Å²) in [6.45, 7) is 0.634. The average molecular weight is 256 g/mol. The van der Waals surface area contributed by atoms with Crippen molar-refractivity contribution in [3.05, 3.63) is 36.2 Å². The van der Waals surface area contributed by atoms with Gasteiger partial charge in [-0.3, -0.25) is 5.10 Å². The fraction of sp³-hybridized carbons (Fsp3) is 0.167. The molecule has 0 aliphatic heterocycles. The summed E-state index contributed by atoms with van der Waals surface area (Å²) in [6, 6.07) is 7.87. The van der Waals surface area contributed by atoms with Crippen LogP contribution < -0.4 is 5.73 Å². The molecule has 0 unspecified atom stereocenters. The van der Waals surface area contributed by atoms with E-state index in [2.05, 4.69) is 25.3 Å². The van der Waals surface area contributed by atoms with Crippen LogP contribution in [0.3, 0.4) is 0 Å². The molecule has 7 heteroatoms. The summed E-state index contributed by atoms with van der Waals surface area (Å²) in [7, 11) is 0. The number of hydrogen-bond acceptors (Lipinski definition) is 6. The molecule has 2 heterocycles. The molecule has 0 radical (unpaired) electrons. The maximum atomic E-state index is 5.51. The van der Waals surface area contributed by atoms with Gasteiger partial charge >= 0.3 is 0 Å². The van der Waals surface area contributed by atoms with Gasteiger partial charge in [0.2, 0.25) is 5.82 Å². The van der Waals surface area contributed by atoms with Crippen LogP contribution in [0, 0.1) is 0 Å². The van der Waals surface area contributed by atoms with E-state index in [1.54, 1.807) is 0 Å². The van der Waals surface area contributed by atoms with Crippen molar-refractivity contribution in [1.29, 1.82) is 0 Å². The first-order valence-corrected chi connectivity index (χ1v) is 5.85. The molecule has 0 aliphatic carbocycles. The highest BCUT2D eigenvalue weighted by molar-refractivity contribution is 5.56. The molecule has 7 nitrogen and oxygen atoms in total. The van der Waals surface area contributed by atoms with Gasteiger partial charge in [0.1, 0.15) is 6.33 Å². The molecule has 3 N–H and O–H groups in total. The van der Waals surface area contributed by atoms with Gasteiger partial charge < -0.3 is 10.3 Å². The smallest absolute Gasteiger partial charge is 0.258 e. The Hall–Kier alpha value is -2.54. The summed E-state index contributed by atoms with van der Waals surface area (Å²) in [6.07, 6.45) is 2.25. The predicted molar refractivity (Wildman–Crippen MR) is 67.9 cm³/mol. The number of nitrogens with zero attached hydrogens (tertiary/aromatic N) is 4. The number of rotatable bonds is 4. The molecular weight excluding hydrogens is 244 g/mol. The second-order valence-corrected chi connectivity index (χ2v) is 3.99. The quantitative estimate of drug-likeness (QED) is 0.721. The van der Waals surface area contributed by atoms with Crippen molar-refractivity contribution in [1.82, 2.24) is 25.3 Å². The zero-order valence-electron chi connectivity index (χ0n) is 10.1. The van der Waals surface area contributed by atoms with Crippen LogP contribution in [-0.2, 0) is 6.42 Å². The Morgan fingerprint density at radius 1 is 1.21 bits per heavy atom. The van der Waals surface area contributed by atoms with E-state index in [1.165, 1.54) is 11.9 Å². The molecule has 0 fully saturated rings. The third-order valence-corrected chi connectivity index (χ3v) is 2.69. The summed E-state index contributed by atoms with van der Waals surface area (Å²) in [5, 5.41) is 10.3. The molecule has 0 atom stereocenters. The van der Waals surface area contributed by atoms with Crippen molar-refractivity contribution in [2.75, 3.05) is 6.54 Å². The van der Waals surface area contributed by atoms with Crippen LogP contribution in [0.15, 0.2) is 35.1 Å². The van der Waals surface area contributed by atoms with Crippen LogP contribution in [0.1, 0.15) is 5.56 Å². The van der Waals surface area contributed by atoms with E-state index in [4.69, 9.17) is 10.3 Å². The molecule has 3 aromatic rings. The predicted octanol–water partition coefficient (Wildman–Crippen LogP) is 1.02. The van der Waals surface area contributed by atoms with E-state index in [0.717, 1.165) is 12.0 Å². The topological polar surface area (TPSA) is 107 Å². The van der Waals surface area contributed by atoms with Gasteiger partial charge in [0.15, 0.2) is 5.82 Å². The highest BCUT2D eigenvalue weighted by atomic mass is 16.5. The molecule has 2 aromatic heterocycles. The van der Waals surface area contributed by atoms with Gasteiger partial charge in [-0.2, -0.15) is 10.1 Å². The number of nitrogens with two attached hydrogens (primary N) is 1. The van der Waals surface area contributed by atoms with Crippen LogP contribution in [0.25, 0.3) is 23.1 Å². The standard InChI is InChI=1S/C12H12N6O/c13-6-5-8-1-3-9(4-2-8)12-16-11(18-19-12)10-14-7-15-17-10/h1-4,7H,5-6,13H2,(H,14,15,17). The van der Waals surface area contributed by atoms with Crippen LogP contribution in [0.2, 0.25) is 0 Å². The normalized spacial score (nSPS) is 10.8. The Morgan fingerprint density at radius 3 is 2.74 bits per heavy atom. The van der Waals surface area contributed by atoms with E-state index < -0.39 is 0 Å². The zero-order chi connectivity index (χ0) is 13.1. The third kappa shape index (κ3) is 2.36. The minimum atomic E-state index is 0.388. The fourth-order valence-electron chi connectivity index (χ4n) is 1.73. The summed E-state index contributed by atoms with van der Waals surface area (Å²) in [4.78, 5) is 8.23. The Balaban J connectivity index is 1.86. The lowest BCUT2D eigenvalue weighted by atomic mass is 10.1. The Morgan fingerprint density at radius 2 is 2.05 bits per heavy atom. The van der Waals surface area contributed by atoms with E-state index in [0.29, 0.717) is 24.1 Å². The molecule has 3 rings (SSSR count). The van der Waals surface area contributed by atoms with Gasteiger partial charge in [0, 0.05) is 5.56 Å². The maximum Gasteiger partial charge on any atom is 0.258 e. The molecule has 96 valence electrons. The first-order chi connectivity index (χ1) is 9.36. The lowest BCUT2D eigenvalue weighted by Crippen LogP contribution is -2.02. The third-order valence-electron chi connectivity index (χ3n) is 2.69.